The van der Waals surface area contributed by atoms with E-state index in [1.807, 2.05) is 0 Å². The topological polar surface area (TPSA) is 23.1 Å². The molecular formula is C26H34IKO. The first-order valence-electron chi connectivity index (χ1n) is 10.0. The van der Waals surface area contributed by atoms with Crippen LogP contribution in [0.15, 0.2) is 49.0 Å². The minimum absolute atomic E-state index is 0. The molecule has 29 heavy (non-hydrogen) atoms. The van der Waals surface area contributed by atoms with Crippen LogP contribution in [0.5, 0.6) is 0 Å². The number of halogens is 1. The van der Waals surface area contributed by atoms with Crippen molar-refractivity contribution in [2.24, 2.45) is 0 Å². The number of hydrogen-bond donors (Lipinski definition) is 0. The second-order valence-electron chi connectivity index (χ2n) is 10.1. The molecule has 0 unspecified atom stereocenters. The van der Waals surface area contributed by atoms with Crippen LogP contribution in [-0.4, -0.2) is 5.60 Å². The second-order valence-corrected chi connectivity index (χ2v) is 11.3. The van der Waals surface area contributed by atoms with E-state index < -0.39 is 5.60 Å². The van der Waals surface area contributed by atoms with Crippen LogP contribution in [0.25, 0.3) is 5.57 Å². The molecular weight excluding hydrogens is 494 g/mol. The fourth-order valence-corrected chi connectivity index (χ4v) is 4.35. The number of hydrogen-bond acceptors (Lipinski definition) is 1. The van der Waals surface area contributed by atoms with E-state index >= 15 is 0 Å². The fourth-order valence-electron chi connectivity index (χ4n) is 3.64. The SMILES string of the molecule is C=C(c1ccc2c(c1)C(C)(C)CCC2(C)C)c1ccccc1I.CC(C)(C)[O-].[K+]. The first kappa shape index (κ1) is 27.5. The Hall–Kier alpha value is 0.506. The average Bonchev–Trinajstić information content (AvgIpc) is 2.57. The maximum absolute atomic E-state index is 10.1. The van der Waals surface area contributed by atoms with E-state index in [9.17, 15) is 5.11 Å². The third kappa shape index (κ3) is 7.55. The molecule has 1 nitrogen and oxygen atoms in total. The maximum Gasteiger partial charge on any atom is 1.00 e. The van der Waals surface area contributed by atoms with Crippen molar-refractivity contribution in [2.75, 3.05) is 0 Å². The third-order valence-electron chi connectivity index (χ3n) is 5.40. The van der Waals surface area contributed by atoms with Crippen LogP contribution in [0.2, 0.25) is 0 Å². The number of fused-ring (bicyclic) bond motifs is 1. The molecule has 0 N–H and O–H groups in total. The predicted molar refractivity (Wildman–Crippen MR) is 129 cm³/mol. The molecule has 1 aliphatic rings. The summed E-state index contributed by atoms with van der Waals surface area (Å²) in [5.74, 6) is 0. The molecule has 3 heteroatoms. The molecule has 2 aromatic carbocycles. The molecule has 0 aromatic heterocycles. The van der Waals surface area contributed by atoms with E-state index in [0.717, 1.165) is 5.57 Å². The van der Waals surface area contributed by atoms with E-state index in [4.69, 9.17) is 0 Å². The monoisotopic (exact) mass is 528 g/mol. The van der Waals surface area contributed by atoms with Crippen molar-refractivity contribution >= 4 is 28.2 Å². The van der Waals surface area contributed by atoms with E-state index in [-0.39, 0.29) is 62.2 Å². The molecule has 2 aromatic rings. The Labute approximate surface area is 234 Å². The first-order valence-corrected chi connectivity index (χ1v) is 11.1. The summed E-state index contributed by atoms with van der Waals surface area (Å²) in [5.41, 5.74) is 6.37. The van der Waals surface area contributed by atoms with Crippen molar-refractivity contribution in [2.45, 2.75) is 77.7 Å². The first-order chi connectivity index (χ1) is 12.7. The van der Waals surface area contributed by atoms with Crippen LogP contribution < -0.4 is 56.5 Å². The minimum atomic E-state index is -0.750. The van der Waals surface area contributed by atoms with Gasteiger partial charge in [0.2, 0.25) is 0 Å². The van der Waals surface area contributed by atoms with E-state index in [0.29, 0.717) is 0 Å². The Morgan fingerprint density at radius 2 is 1.41 bits per heavy atom. The van der Waals surface area contributed by atoms with Gasteiger partial charge in [-0.15, -0.1) is 5.60 Å². The molecule has 3 rings (SSSR count). The quantitative estimate of drug-likeness (QED) is 0.429. The van der Waals surface area contributed by atoms with Crippen molar-refractivity contribution in [1.29, 1.82) is 0 Å². The van der Waals surface area contributed by atoms with E-state index in [2.05, 4.69) is 99.3 Å². The van der Waals surface area contributed by atoms with Crippen LogP contribution in [-0.2, 0) is 10.8 Å². The standard InChI is InChI=1S/C22H25I.C4H9O.K/c1-15(17-8-6-7-9-20(17)23)16-10-11-18-19(14-16)22(4,5)13-12-21(18,2)3;1-4(2,3)5;/h6-11,14H,1,12-13H2,2-5H3;1-3H3;/q;-1;+1. The molecule has 0 amide bonds. The van der Waals surface area contributed by atoms with Gasteiger partial charge in [0.1, 0.15) is 0 Å². The molecule has 0 bridgehead atoms. The van der Waals surface area contributed by atoms with Crippen molar-refractivity contribution in [3.63, 3.8) is 0 Å². The third-order valence-corrected chi connectivity index (χ3v) is 6.34. The van der Waals surface area contributed by atoms with Crippen LogP contribution in [0, 0.1) is 3.57 Å². The summed E-state index contributed by atoms with van der Waals surface area (Å²) >= 11 is 2.40. The van der Waals surface area contributed by atoms with Gasteiger partial charge >= 0.3 is 51.4 Å². The van der Waals surface area contributed by atoms with Gasteiger partial charge in [-0.2, -0.15) is 0 Å². The molecule has 0 aliphatic heterocycles. The van der Waals surface area contributed by atoms with Gasteiger partial charge < -0.3 is 5.11 Å². The van der Waals surface area contributed by atoms with Gasteiger partial charge in [0.25, 0.3) is 0 Å². The minimum Gasteiger partial charge on any atom is -0.850 e. The Bertz CT molecular complexity index is 853. The summed E-state index contributed by atoms with van der Waals surface area (Å²) in [4.78, 5) is 0. The van der Waals surface area contributed by atoms with Crippen LogP contribution in [0.4, 0.5) is 0 Å². The van der Waals surface area contributed by atoms with E-state index in [1.54, 1.807) is 20.8 Å². The van der Waals surface area contributed by atoms with Gasteiger partial charge in [-0.25, -0.2) is 0 Å². The summed E-state index contributed by atoms with van der Waals surface area (Å²) in [6.07, 6.45) is 2.50. The van der Waals surface area contributed by atoms with Crippen LogP contribution in [0.3, 0.4) is 0 Å². The summed E-state index contributed by atoms with van der Waals surface area (Å²) in [6, 6.07) is 15.5. The van der Waals surface area contributed by atoms with Crippen LogP contribution in [0.1, 0.15) is 83.6 Å². The molecule has 0 spiro atoms. The molecule has 0 heterocycles. The number of benzene rings is 2. The summed E-state index contributed by atoms with van der Waals surface area (Å²) < 4.78 is 1.26. The molecule has 0 saturated heterocycles. The van der Waals surface area contributed by atoms with Gasteiger partial charge in [-0.3, -0.25) is 0 Å². The smallest absolute Gasteiger partial charge is 0.850 e. The zero-order valence-corrected chi connectivity index (χ0v) is 24.7. The Balaban J connectivity index is 0.000000628. The average molecular weight is 529 g/mol. The van der Waals surface area contributed by atoms with Gasteiger partial charge in [-0.1, -0.05) is 91.4 Å². The largest absolute Gasteiger partial charge is 1.00 e. The van der Waals surface area contributed by atoms with Crippen molar-refractivity contribution in [3.05, 3.63) is 74.9 Å². The fraction of sp³-hybridized carbons (Fsp3) is 0.462. The Morgan fingerprint density at radius 3 is 1.93 bits per heavy atom. The van der Waals surface area contributed by atoms with Crippen molar-refractivity contribution in [3.8, 4) is 0 Å². The summed E-state index contributed by atoms with van der Waals surface area (Å²) in [6.45, 7) is 18.8. The van der Waals surface area contributed by atoms with Gasteiger partial charge in [0.15, 0.2) is 0 Å². The van der Waals surface area contributed by atoms with Gasteiger partial charge in [0, 0.05) is 3.57 Å². The maximum atomic E-state index is 10.1. The molecule has 0 saturated carbocycles. The van der Waals surface area contributed by atoms with Gasteiger partial charge in [0.05, 0.1) is 0 Å². The molecule has 152 valence electrons. The molecule has 0 fully saturated rings. The van der Waals surface area contributed by atoms with Crippen LogP contribution >= 0.6 is 22.6 Å². The number of rotatable bonds is 2. The molecule has 0 radical (unpaired) electrons. The Morgan fingerprint density at radius 1 is 0.931 bits per heavy atom. The summed E-state index contributed by atoms with van der Waals surface area (Å²) in [5, 5.41) is 10.1. The van der Waals surface area contributed by atoms with Crippen molar-refractivity contribution in [1.82, 2.24) is 0 Å². The molecule has 0 atom stereocenters. The Kier molecular flexibility index (Phi) is 9.89. The predicted octanol–water partition coefficient (Wildman–Crippen LogP) is 3.85. The zero-order valence-electron chi connectivity index (χ0n) is 19.4. The van der Waals surface area contributed by atoms with E-state index in [1.165, 1.54) is 38.7 Å². The van der Waals surface area contributed by atoms with Gasteiger partial charge in [-0.05, 0) is 80.2 Å². The van der Waals surface area contributed by atoms with Crippen molar-refractivity contribution < 1.29 is 56.5 Å². The second kappa shape index (κ2) is 10.4. The summed E-state index contributed by atoms with van der Waals surface area (Å²) in [7, 11) is 0. The molecule has 1 aliphatic carbocycles. The normalized spacial score (nSPS) is 16.6. The zero-order chi connectivity index (χ0) is 21.3.